The number of nitrogens with zero attached hydrogens (tertiary/aromatic N) is 4. The lowest BCUT2D eigenvalue weighted by Gasteiger charge is -2.23. The van der Waals surface area contributed by atoms with Crippen LogP contribution in [0.5, 0.6) is 0 Å². The second-order valence-electron chi connectivity index (χ2n) is 6.37. The number of piperidine rings is 1. The van der Waals surface area contributed by atoms with E-state index in [4.69, 9.17) is 0 Å². The van der Waals surface area contributed by atoms with Crippen molar-refractivity contribution in [3.05, 3.63) is 47.9 Å². The second kappa shape index (κ2) is 6.57. The van der Waals surface area contributed by atoms with Gasteiger partial charge in [-0.05, 0) is 38.4 Å². The van der Waals surface area contributed by atoms with Gasteiger partial charge in [-0.1, -0.05) is 29.8 Å². The largest absolute Gasteiger partial charge is 0.365 e. The van der Waals surface area contributed by atoms with Gasteiger partial charge in [-0.3, -0.25) is 0 Å². The zero-order valence-electron chi connectivity index (χ0n) is 13.9. The summed E-state index contributed by atoms with van der Waals surface area (Å²) in [5.74, 6) is 0.848. The van der Waals surface area contributed by atoms with Gasteiger partial charge in [-0.25, -0.2) is 14.6 Å². The lowest BCUT2D eigenvalue weighted by molar-refractivity contribution is 0.349. The molecular formula is C18H22N6. The Morgan fingerprint density at radius 2 is 1.96 bits per heavy atom. The summed E-state index contributed by atoms with van der Waals surface area (Å²) in [6, 6.07) is 8.95. The Bertz CT molecular complexity index is 817. The molecule has 4 rings (SSSR count). The molecule has 124 valence electrons. The lowest BCUT2D eigenvalue weighted by atomic mass is 10.1. The molecule has 1 fully saturated rings. The van der Waals surface area contributed by atoms with E-state index in [0.717, 1.165) is 49.3 Å². The number of anilines is 1. The van der Waals surface area contributed by atoms with E-state index in [2.05, 4.69) is 61.6 Å². The van der Waals surface area contributed by atoms with Crippen molar-refractivity contribution in [3.63, 3.8) is 0 Å². The summed E-state index contributed by atoms with van der Waals surface area (Å²) in [7, 11) is 0. The van der Waals surface area contributed by atoms with Crippen molar-refractivity contribution in [2.45, 2.75) is 32.4 Å². The fraction of sp³-hybridized carbons (Fsp3) is 0.389. The van der Waals surface area contributed by atoms with Gasteiger partial charge >= 0.3 is 0 Å². The van der Waals surface area contributed by atoms with Crippen LogP contribution in [0.15, 0.2) is 36.8 Å². The van der Waals surface area contributed by atoms with Crippen LogP contribution >= 0.6 is 0 Å². The third-order valence-corrected chi connectivity index (χ3v) is 4.63. The van der Waals surface area contributed by atoms with Crippen molar-refractivity contribution in [1.29, 1.82) is 0 Å². The Balaban J connectivity index is 1.57. The van der Waals surface area contributed by atoms with Crippen molar-refractivity contribution < 1.29 is 0 Å². The maximum absolute atomic E-state index is 4.59. The smallest absolute Gasteiger partial charge is 0.163 e. The highest BCUT2D eigenvalue weighted by Gasteiger charge is 2.19. The van der Waals surface area contributed by atoms with Gasteiger partial charge in [0.15, 0.2) is 5.65 Å². The van der Waals surface area contributed by atoms with Gasteiger partial charge in [0.2, 0.25) is 0 Å². The molecule has 0 unspecified atom stereocenters. The van der Waals surface area contributed by atoms with Crippen LogP contribution in [0.4, 0.5) is 5.82 Å². The molecule has 0 bridgehead atoms. The van der Waals surface area contributed by atoms with Crippen LogP contribution in [0.2, 0.25) is 0 Å². The molecule has 6 heteroatoms. The number of hydrogen-bond donors (Lipinski definition) is 2. The Morgan fingerprint density at radius 1 is 1.17 bits per heavy atom. The second-order valence-corrected chi connectivity index (χ2v) is 6.37. The van der Waals surface area contributed by atoms with Crippen LogP contribution in [0.1, 0.15) is 30.0 Å². The first kappa shape index (κ1) is 15.1. The first-order chi connectivity index (χ1) is 11.8. The van der Waals surface area contributed by atoms with Gasteiger partial charge in [-0.2, -0.15) is 5.10 Å². The van der Waals surface area contributed by atoms with E-state index in [1.807, 2.05) is 6.20 Å². The minimum absolute atomic E-state index is 0.420. The molecule has 0 atom stereocenters. The van der Waals surface area contributed by atoms with Crippen LogP contribution < -0.4 is 10.6 Å². The van der Waals surface area contributed by atoms with Gasteiger partial charge in [-0.15, -0.1) is 0 Å². The fourth-order valence-electron chi connectivity index (χ4n) is 3.21. The summed E-state index contributed by atoms with van der Waals surface area (Å²) in [5.41, 5.74) is 3.42. The topological polar surface area (TPSA) is 67.7 Å². The predicted octanol–water partition coefficient (Wildman–Crippen LogP) is 2.67. The van der Waals surface area contributed by atoms with Gasteiger partial charge in [0.25, 0.3) is 0 Å². The first-order valence-electron chi connectivity index (χ1n) is 8.49. The third-order valence-electron chi connectivity index (χ3n) is 4.63. The Kier molecular flexibility index (Phi) is 4.13. The van der Waals surface area contributed by atoms with Crippen LogP contribution in [-0.2, 0) is 6.54 Å². The number of fused-ring (bicyclic) bond motifs is 1. The summed E-state index contributed by atoms with van der Waals surface area (Å²) in [4.78, 5) is 8.88. The standard InChI is InChI=1S/C18H22N6/c1-13-2-4-14(5-3-13)10-20-17-16-11-23-24(18(16)22-12-21-17)15-6-8-19-9-7-15/h2-5,11-12,15,19H,6-10H2,1H3,(H,20,21,22). The average Bonchev–Trinajstić information content (AvgIpc) is 3.07. The van der Waals surface area contributed by atoms with E-state index >= 15 is 0 Å². The molecule has 0 radical (unpaired) electrons. The van der Waals surface area contributed by atoms with Gasteiger partial charge < -0.3 is 10.6 Å². The third kappa shape index (κ3) is 2.97. The van der Waals surface area contributed by atoms with Crippen molar-refractivity contribution in [1.82, 2.24) is 25.1 Å². The van der Waals surface area contributed by atoms with Crippen LogP contribution in [0.3, 0.4) is 0 Å². The van der Waals surface area contributed by atoms with Crippen molar-refractivity contribution in [2.24, 2.45) is 0 Å². The quantitative estimate of drug-likeness (QED) is 0.773. The molecule has 0 saturated carbocycles. The maximum atomic E-state index is 4.59. The van der Waals surface area contributed by atoms with Crippen molar-refractivity contribution >= 4 is 16.9 Å². The molecule has 2 aromatic heterocycles. The Hall–Kier alpha value is -2.47. The van der Waals surface area contributed by atoms with E-state index in [0.29, 0.717) is 6.04 Å². The molecule has 1 aliphatic rings. The zero-order chi connectivity index (χ0) is 16.4. The normalized spacial score (nSPS) is 15.7. The number of rotatable bonds is 4. The van der Waals surface area contributed by atoms with E-state index in [1.54, 1.807) is 6.33 Å². The SMILES string of the molecule is Cc1ccc(CNc2ncnc3c2cnn3C2CCNCC2)cc1. The molecule has 2 N–H and O–H groups in total. The minimum Gasteiger partial charge on any atom is -0.365 e. The van der Waals surface area contributed by atoms with Crippen LogP contribution in [0, 0.1) is 6.92 Å². The molecule has 6 nitrogen and oxygen atoms in total. The zero-order valence-corrected chi connectivity index (χ0v) is 13.9. The van der Waals surface area contributed by atoms with E-state index in [1.165, 1.54) is 11.1 Å². The Morgan fingerprint density at radius 3 is 2.75 bits per heavy atom. The Labute approximate surface area is 141 Å². The number of aromatic nitrogens is 4. The lowest BCUT2D eigenvalue weighted by Crippen LogP contribution is -2.29. The predicted molar refractivity (Wildman–Crippen MR) is 95.0 cm³/mol. The number of aryl methyl sites for hydroxylation is 1. The molecule has 1 aromatic carbocycles. The molecular weight excluding hydrogens is 300 g/mol. The molecule has 0 amide bonds. The number of nitrogens with one attached hydrogen (secondary N) is 2. The number of hydrogen-bond acceptors (Lipinski definition) is 5. The van der Waals surface area contributed by atoms with E-state index in [9.17, 15) is 0 Å². The van der Waals surface area contributed by atoms with E-state index in [-0.39, 0.29) is 0 Å². The fourth-order valence-corrected chi connectivity index (χ4v) is 3.21. The van der Waals surface area contributed by atoms with Gasteiger partial charge in [0.1, 0.15) is 12.1 Å². The van der Waals surface area contributed by atoms with Crippen molar-refractivity contribution in [3.8, 4) is 0 Å². The average molecular weight is 322 g/mol. The molecule has 3 heterocycles. The van der Waals surface area contributed by atoms with Crippen LogP contribution in [-0.4, -0.2) is 32.8 Å². The highest BCUT2D eigenvalue weighted by Crippen LogP contribution is 2.25. The molecule has 0 spiro atoms. The molecule has 1 aliphatic heterocycles. The molecule has 24 heavy (non-hydrogen) atoms. The summed E-state index contributed by atoms with van der Waals surface area (Å²) in [6.45, 7) is 4.91. The molecule has 0 aliphatic carbocycles. The number of benzene rings is 1. The summed E-state index contributed by atoms with van der Waals surface area (Å²) in [6.07, 6.45) is 5.69. The monoisotopic (exact) mass is 322 g/mol. The highest BCUT2D eigenvalue weighted by atomic mass is 15.3. The summed E-state index contributed by atoms with van der Waals surface area (Å²) in [5, 5.41) is 12.4. The van der Waals surface area contributed by atoms with Gasteiger partial charge in [0.05, 0.1) is 17.6 Å². The molecule has 1 saturated heterocycles. The summed E-state index contributed by atoms with van der Waals surface area (Å²) >= 11 is 0. The summed E-state index contributed by atoms with van der Waals surface area (Å²) < 4.78 is 2.06. The first-order valence-corrected chi connectivity index (χ1v) is 8.49. The van der Waals surface area contributed by atoms with E-state index < -0.39 is 0 Å². The van der Waals surface area contributed by atoms with Crippen LogP contribution in [0.25, 0.3) is 11.0 Å². The highest BCUT2D eigenvalue weighted by molar-refractivity contribution is 5.86. The molecule has 3 aromatic rings. The maximum Gasteiger partial charge on any atom is 0.163 e. The minimum atomic E-state index is 0.420. The van der Waals surface area contributed by atoms with Crippen molar-refractivity contribution in [2.75, 3.05) is 18.4 Å². The van der Waals surface area contributed by atoms with Gasteiger partial charge in [0, 0.05) is 6.54 Å².